The molecule has 2 amide bonds. The van der Waals surface area contributed by atoms with E-state index in [1.807, 2.05) is 65.2 Å². The van der Waals surface area contributed by atoms with Gasteiger partial charge in [0.05, 0.1) is 19.3 Å². The van der Waals surface area contributed by atoms with Gasteiger partial charge in [-0.05, 0) is 70.8 Å². The summed E-state index contributed by atoms with van der Waals surface area (Å²) in [6.07, 6.45) is 0. The molecule has 0 unspecified atom stereocenters. The second-order valence-electron chi connectivity index (χ2n) is 9.17. The first kappa shape index (κ1) is 26.7. The van der Waals surface area contributed by atoms with E-state index >= 15 is 0 Å². The number of methoxy groups -OCH3 is 1. The maximum Gasteiger partial charge on any atom is 0.320 e. The quantitative estimate of drug-likeness (QED) is 0.300. The Hall–Kier alpha value is -4.38. The largest absolute Gasteiger partial charge is 0.497 e. The van der Waals surface area contributed by atoms with Gasteiger partial charge in [-0.3, -0.25) is 5.32 Å². The number of anilines is 1. The molecule has 0 saturated heterocycles. The van der Waals surface area contributed by atoms with E-state index in [0.717, 1.165) is 35.0 Å². The third-order valence-corrected chi connectivity index (χ3v) is 5.47. The number of rotatable bonds is 10. The zero-order valence-corrected chi connectivity index (χ0v) is 22.5. The molecule has 0 fully saturated rings. The number of aryl methyl sites for hydroxylation is 3. The minimum Gasteiger partial charge on any atom is -0.497 e. The Morgan fingerprint density at radius 3 is 2.50 bits per heavy atom. The minimum atomic E-state index is -0.424. The summed E-state index contributed by atoms with van der Waals surface area (Å²) in [6.45, 7) is 7.00. The van der Waals surface area contributed by atoms with E-state index in [0.29, 0.717) is 29.0 Å². The Kier molecular flexibility index (Phi) is 8.27. The summed E-state index contributed by atoms with van der Waals surface area (Å²) in [4.78, 5) is 23.8. The number of nitrogens with zero attached hydrogens (tertiary/aromatic N) is 5. The lowest BCUT2D eigenvalue weighted by Gasteiger charge is -2.14. The van der Waals surface area contributed by atoms with Crippen LogP contribution in [-0.4, -0.2) is 65.0 Å². The SMILES string of the molecule is COc1cc(CN(C)C)cc(OCCNC(=O)Nc2cc(-n3nc(C)cc3C)nc(-c3ccc(C)o3)n2)c1. The Morgan fingerprint density at radius 1 is 1.05 bits per heavy atom. The van der Waals surface area contributed by atoms with Gasteiger partial charge in [-0.25, -0.2) is 19.4 Å². The van der Waals surface area contributed by atoms with Crippen molar-refractivity contribution in [1.29, 1.82) is 0 Å². The molecule has 0 radical (unpaired) electrons. The number of furan rings is 1. The molecule has 0 atom stereocenters. The maximum atomic E-state index is 12.7. The average Bonchev–Trinajstić information content (AvgIpc) is 3.45. The van der Waals surface area contributed by atoms with Crippen molar-refractivity contribution in [2.75, 3.05) is 39.7 Å². The number of benzene rings is 1. The highest BCUT2D eigenvalue weighted by molar-refractivity contribution is 5.88. The van der Waals surface area contributed by atoms with Crippen LogP contribution in [0.2, 0.25) is 0 Å². The summed E-state index contributed by atoms with van der Waals surface area (Å²) in [6, 6.07) is 12.6. The highest BCUT2D eigenvalue weighted by Gasteiger charge is 2.15. The first-order chi connectivity index (χ1) is 18.2. The molecule has 0 saturated carbocycles. The van der Waals surface area contributed by atoms with Crippen LogP contribution >= 0.6 is 0 Å². The fourth-order valence-electron chi connectivity index (χ4n) is 3.91. The van der Waals surface area contributed by atoms with Gasteiger partial charge in [0.15, 0.2) is 17.4 Å². The van der Waals surface area contributed by atoms with Crippen molar-refractivity contribution in [3.8, 4) is 28.9 Å². The third-order valence-electron chi connectivity index (χ3n) is 5.47. The summed E-state index contributed by atoms with van der Waals surface area (Å²) >= 11 is 0. The van der Waals surface area contributed by atoms with Crippen LogP contribution in [0, 0.1) is 20.8 Å². The number of amides is 2. The second kappa shape index (κ2) is 11.8. The van der Waals surface area contributed by atoms with Crippen LogP contribution in [0.25, 0.3) is 17.4 Å². The number of ether oxygens (including phenoxy) is 2. The minimum absolute atomic E-state index is 0.277. The third kappa shape index (κ3) is 6.88. The van der Waals surface area contributed by atoms with Crippen LogP contribution in [0.1, 0.15) is 22.7 Å². The van der Waals surface area contributed by atoms with Crippen molar-refractivity contribution in [2.24, 2.45) is 0 Å². The number of hydrogen-bond donors (Lipinski definition) is 2. The van der Waals surface area contributed by atoms with E-state index in [9.17, 15) is 4.79 Å². The summed E-state index contributed by atoms with van der Waals surface area (Å²) in [5.74, 6) is 3.79. The van der Waals surface area contributed by atoms with E-state index < -0.39 is 6.03 Å². The van der Waals surface area contributed by atoms with Crippen LogP contribution < -0.4 is 20.1 Å². The van der Waals surface area contributed by atoms with Crippen molar-refractivity contribution in [1.82, 2.24) is 30.0 Å². The van der Waals surface area contributed by atoms with Gasteiger partial charge >= 0.3 is 6.03 Å². The molecule has 38 heavy (non-hydrogen) atoms. The standard InChI is InChI=1S/C27H33N7O4/c1-17-11-18(2)34(32-17)25-15-24(29-26(31-25)23-8-7-19(3)38-23)30-27(35)28-9-10-37-22-13-20(16-33(4)5)12-21(14-22)36-6/h7-8,11-15H,9-10,16H2,1-6H3,(H2,28,29,30,31,35). The predicted molar refractivity (Wildman–Crippen MR) is 144 cm³/mol. The van der Waals surface area contributed by atoms with Gasteiger partial charge in [-0.1, -0.05) is 0 Å². The van der Waals surface area contributed by atoms with Crippen LogP contribution in [0.4, 0.5) is 10.6 Å². The average molecular weight is 520 g/mol. The topological polar surface area (TPSA) is 120 Å². The number of hydrogen-bond acceptors (Lipinski definition) is 8. The molecule has 0 aliphatic carbocycles. The summed E-state index contributed by atoms with van der Waals surface area (Å²) in [5, 5.41) is 10.1. The Labute approximate surface area is 221 Å². The molecule has 3 heterocycles. The lowest BCUT2D eigenvalue weighted by atomic mass is 10.2. The van der Waals surface area contributed by atoms with E-state index in [4.69, 9.17) is 13.9 Å². The first-order valence-corrected chi connectivity index (χ1v) is 12.2. The molecular formula is C27H33N7O4. The zero-order chi connectivity index (χ0) is 27.2. The predicted octanol–water partition coefficient (Wildman–Crippen LogP) is 4.12. The molecule has 4 rings (SSSR count). The molecule has 4 aromatic rings. The molecule has 2 N–H and O–H groups in total. The molecule has 0 bridgehead atoms. The smallest absolute Gasteiger partial charge is 0.320 e. The summed E-state index contributed by atoms with van der Waals surface area (Å²) in [7, 11) is 5.62. The lowest BCUT2D eigenvalue weighted by Crippen LogP contribution is -2.32. The highest BCUT2D eigenvalue weighted by Crippen LogP contribution is 2.24. The number of carbonyl (C=O) groups is 1. The first-order valence-electron chi connectivity index (χ1n) is 12.2. The molecule has 200 valence electrons. The molecular weight excluding hydrogens is 486 g/mol. The molecule has 0 spiro atoms. The van der Waals surface area contributed by atoms with E-state index in [2.05, 4.69) is 30.6 Å². The molecule has 0 aliphatic rings. The van der Waals surface area contributed by atoms with Crippen molar-refractivity contribution < 1.29 is 18.7 Å². The lowest BCUT2D eigenvalue weighted by molar-refractivity contribution is 0.247. The van der Waals surface area contributed by atoms with Crippen molar-refractivity contribution >= 4 is 11.8 Å². The number of nitrogens with one attached hydrogen (secondary N) is 2. The van der Waals surface area contributed by atoms with Gasteiger partial charge in [0, 0.05) is 24.4 Å². The van der Waals surface area contributed by atoms with E-state index in [1.165, 1.54) is 0 Å². The van der Waals surface area contributed by atoms with Crippen LogP contribution in [-0.2, 0) is 6.54 Å². The fourth-order valence-corrected chi connectivity index (χ4v) is 3.91. The van der Waals surface area contributed by atoms with Crippen LogP contribution in [0.5, 0.6) is 11.5 Å². The zero-order valence-electron chi connectivity index (χ0n) is 22.5. The van der Waals surface area contributed by atoms with Crippen LogP contribution in [0.15, 0.2) is 46.9 Å². The number of carbonyl (C=O) groups excluding carboxylic acids is 1. The number of aromatic nitrogens is 4. The molecule has 0 aliphatic heterocycles. The fraction of sp³-hybridized carbons (Fsp3) is 0.333. The Morgan fingerprint density at radius 2 is 1.84 bits per heavy atom. The van der Waals surface area contributed by atoms with Gasteiger partial charge in [0.1, 0.15) is 29.7 Å². The normalized spacial score (nSPS) is 11.0. The monoisotopic (exact) mass is 519 g/mol. The van der Waals surface area contributed by atoms with E-state index in [1.54, 1.807) is 23.9 Å². The Balaban J connectivity index is 1.42. The Bertz CT molecular complexity index is 1410. The summed E-state index contributed by atoms with van der Waals surface area (Å²) < 4.78 is 18.6. The highest BCUT2D eigenvalue weighted by atomic mass is 16.5. The van der Waals surface area contributed by atoms with Gasteiger partial charge in [0.25, 0.3) is 0 Å². The van der Waals surface area contributed by atoms with Crippen molar-refractivity contribution in [3.05, 3.63) is 65.2 Å². The van der Waals surface area contributed by atoms with Crippen molar-refractivity contribution in [3.63, 3.8) is 0 Å². The van der Waals surface area contributed by atoms with Crippen LogP contribution in [0.3, 0.4) is 0 Å². The second-order valence-corrected chi connectivity index (χ2v) is 9.17. The number of urea groups is 1. The molecule has 3 aromatic heterocycles. The van der Waals surface area contributed by atoms with Gasteiger partial charge in [-0.15, -0.1) is 0 Å². The van der Waals surface area contributed by atoms with E-state index in [-0.39, 0.29) is 13.2 Å². The van der Waals surface area contributed by atoms with Gasteiger partial charge in [0.2, 0.25) is 0 Å². The van der Waals surface area contributed by atoms with Crippen molar-refractivity contribution in [2.45, 2.75) is 27.3 Å². The van der Waals surface area contributed by atoms with Gasteiger partial charge < -0.3 is 24.1 Å². The molecule has 11 nitrogen and oxygen atoms in total. The molecule has 11 heteroatoms. The van der Waals surface area contributed by atoms with Gasteiger partial charge in [-0.2, -0.15) is 5.10 Å². The summed E-state index contributed by atoms with van der Waals surface area (Å²) in [5.41, 5.74) is 2.83. The molecule has 1 aromatic carbocycles. The maximum absolute atomic E-state index is 12.7.